The van der Waals surface area contributed by atoms with Crippen molar-refractivity contribution in [1.29, 1.82) is 0 Å². The number of hydrogen-bond acceptors (Lipinski definition) is 3. The van der Waals surface area contributed by atoms with Gasteiger partial charge in [-0.3, -0.25) is 4.79 Å². The smallest absolute Gasteiger partial charge is 0.207 e. The van der Waals surface area contributed by atoms with Gasteiger partial charge >= 0.3 is 0 Å². The Morgan fingerprint density at radius 3 is 2.53 bits per heavy atom. The van der Waals surface area contributed by atoms with Crippen LogP contribution in [0.15, 0.2) is 0 Å². The van der Waals surface area contributed by atoms with Crippen molar-refractivity contribution in [2.45, 2.75) is 51.9 Å². The summed E-state index contributed by atoms with van der Waals surface area (Å²) in [6.45, 7) is 5.81. The molecule has 1 rings (SSSR count). The fourth-order valence-corrected chi connectivity index (χ4v) is 2.39. The first-order chi connectivity index (χ1) is 6.88. The molecule has 0 saturated heterocycles. The molecule has 1 aliphatic rings. The fourth-order valence-electron chi connectivity index (χ4n) is 2.39. The molecule has 0 aromatic heterocycles. The largest absolute Gasteiger partial charge is 0.390 e. The lowest BCUT2D eigenvalue weighted by atomic mass is 9.80. The third kappa shape index (κ3) is 2.69. The SMILES string of the molecule is CC1CC(O)C(O)C(C)(C)CC1NC=O. The molecule has 0 heterocycles. The first-order valence-corrected chi connectivity index (χ1v) is 5.44. The van der Waals surface area contributed by atoms with Crippen LogP contribution in [0.3, 0.4) is 0 Å². The molecule has 0 spiro atoms. The van der Waals surface area contributed by atoms with Gasteiger partial charge in [0.15, 0.2) is 0 Å². The third-order valence-electron chi connectivity index (χ3n) is 3.49. The molecule has 0 aliphatic heterocycles. The van der Waals surface area contributed by atoms with Crippen molar-refractivity contribution in [3.8, 4) is 0 Å². The summed E-state index contributed by atoms with van der Waals surface area (Å²) in [4.78, 5) is 10.5. The molecule has 4 unspecified atom stereocenters. The van der Waals surface area contributed by atoms with Crippen molar-refractivity contribution in [3.63, 3.8) is 0 Å². The molecule has 0 aromatic carbocycles. The lowest BCUT2D eigenvalue weighted by Gasteiger charge is -2.32. The second-order valence-corrected chi connectivity index (χ2v) is 5.31. The van der Waals surface area contributed by atoms with E-state index in [4.69, 9.17) is 0 Å². The summed E-state index contributed by atoms with van der Waals surface area (Å²) in [5.41, 5.74) is -0.370. The van der Waals surface area contributed by atoms with E-state index in [2.05, 4.69) is 5.32 Å². The van der Waals surface area contributed by atoms with Gasteiger partial charge in [-0.05, 0) is 24.2 Å². The zero-order valence-corrected chi connectivity index (χ0v) is 9.60. The van der Waals surface area contributed by atoms with E-state index < -0.39 is 12.2 Å². The van der Waals surface area contributed by atoms with Crippen molar-refractivity contribution in [2.24, 2.45) is 11.3 Å². The standard InChI is InChI=1S/C11H21NO3/c1-7-4-9(14)10(15)11(2,3)5-8(7)12-6-13/h6-10,14-15H,4-5H2,1-3H3,(H,12,13). The molecule has 0 radical (unpaired) electrons. The number of hydrogen-bond donors (Lipinski definition) is 3. The van der Waals surface area contributed by atoms with Crippen LogP contribution in [-0.2, 0) is 4.79 Å². The van der Waals surface area contributed by atoms with Crippen LogP contribution in [0.2, 0.25) is 0 Å². The summed E-state index contributed by atoms with van der Waals surface area (Å²) in [7, 11) is 0. The molecule has 1 aliphatic carbocycles. The minimum atomic E-state index is -0.724. The van der Waals surface area contributed by atoms with Gasteiger partial charge in [0.1, 0.15) is 0 Å². The first kappa shape index (κ1) is 12.5. The van der Waals surface area contributed by atoms with E-state index in [1.54, 1.807) is 0 Å². The summed E-state index contributed by atoms with van der Waals surface area (Å²) in [6.07, 6.45) is 0.481. The lowest BCUT2D eigenvalue weighted by molar-refractivity contribution is -0.110. The van der Waals surface area contributed by atoms with Gasteiger partial charge in [0.25, 0.3) is 0 Å². The van der Waals surface area contributed by atoms with Gasteiger partial charge in [0.05, 0.1) is 12.2 Å². The Morgan fingerprint density at radius 1 is 1.40 bits per heavy atom. The Kier molecular flexibility index (Phi) is 3.73. The maximum atomic E-state index is 10.5. The average Bonchev–Trinajstić information content (AvgIpc) is 2.20. The average molecular weight is 215 g/mol. The Hall–Kier alpha value is -0.610. The summed E-state index contributed by atoms with van der Waals surface area (Å²) in [5.74, 6) is 0.182. The van der Waals surface area contributed by atoms with E-state index >= 15 is 0 Å². The van der Waals surface area contributed by atoms with Crippen LogP contribution in [0.25, 0.3) is 0 Å². The highest BCUT2D eigenvalue weighted by molar-refractivity contribution is 5.46. The van der Waals surface area contributed by atoms with Crippen LogP contribution in [0.5, 0.6) is 0 Å². The molecule has 4 heteroatoms. The van der Waals surface area contributed by atoms with Crippen molar-refractivity contribution in [2.75, 3.05) is 0 Å². The monoisotopic (exact) mass is 215 g/mol. The summed E-state index contributed by atoms with van der Waals surface area (Å²) >= 11 is 0. The molecule has 3 N–H and O–H groups in total. The fraction of sp³-hybridized carbons (Fsp3) is 0.909. The van der Waals surface area contributed by atoms with E-state index in [9.17, 15) is 15.0 Å². The number of carbonyl (C=O) groups excluding carboxylic acids is 1. The summed E-state index contributed by atoms with van der Waals surface area (Å²) in [5, 5.41) is 22.5. The van der Waals surface area contributed by atoms with Crippen molar-refractivity contribution in [1.82, 2.24) is 5.32 Å². The number of rotatable bonds is 2. The van der Waals surface area contributed by atoms with E-state index in [1.807, 2.05) is 20.8 Å². The van der Waals surface area contributed by atoms with E-state index in [1.165, 1.54) is 0 Å². The van der Waals surface area contributed by atoms with Gasteiger partial charge in [-0.15, -0.1) is 0 Å². The zero-order chi connectivity index (χ0) is 11.6. The van der Waals surface area contributed by atoms with E-state index in [0.717, 1.165) is 0 Å². The molecule has 4 nitrogen and oxygen atoms in total. The number of aliphatic hydroxyl groups excluding tert-OH is 2. The topological polar surface area (TPSA) is 69.6 Å². The van der Waals surface area contributed by atoms with E-state index in [0.29, 0.717) is 19.3 Å². The van der Waals surface area contributed by atoms with Gasteiger partial charge in [-0.25, -0.2) is 0 Å². The van der Waals surface area contributed by atoms with Crippen LogP contribution in [-0.4, -0.2) is 34.9 Å². The number of nitrogens with one attached hydrogen (secondary N) is 1. The van der Waals surface area contributed by atoms with Crippen LogP contribution in [0.1, 0.15) is 33.6 Å². The maximum absolute atomic E-state index is 10.5. The van der Waals surface area contributed by atoms with Gasteiger partial charge in [0, 0.05) is 6.04 Å². The molecule has 0 bridgehead atoms. The number of carbonyl (C=O) groups is 1. The normalized spacial score (nSPS) is 40.6. The highest BCUT2D eigenvalue weighted by Gasteiger charge is 2.41. The van der Waals surface area contributed by atoms with Crippen LogP contribution >= 0.6 is 0 Å². The molecular formula is C11H21NO3. The predicted molar refractivity (Wildman–Crippen MR) is 57.2 cm³/mol. The van der Waals surface area contributed by atoms with Gasteiger partial charge in [-0.2, -0.15) is 0 Å². The van der Waals surface area contributed by atoms with Crippen LogP contribution in [0, 0.1) is 11.3 Å². The maximum Gasteiger partial charge on any atom is 0.207 e. The first-order valence-electron chi connectivity index (χ1n) is 5.44. The molecule has 4 atom stereocenters. The molecule has 1 fully saturated rings. The lowest BCUT2D eigenvalue weighted by Crippen LogP contribution is -2.40. The minimum Gasteiger partial charge on any atom is -0.390 e. The second-order valence-electron chi connectivity index (χ2n) is 5.31. The zero-order valence-electron chi connectivity index (χ0n) is 9.60. The highest BCUT2D eigenvalue weighted by Crippen LogP contribution is 2.36. The molecule has 0 aromatic rings. The predicted octanol–water partition coefficient (Wildman–Crippen LogP) is 0.279. The third-order valence-corrected chi connectivity index (χ3v) is 3.49. The quantitative estimate of drug-likeness (QED) is 0.458. The van der Waals surface area contributed by atoms with Crippen LogP contribution in [0.4, 0.5) is 0 Å². The second kappa shape index (κ2) is 4.49. The van der Waals surface area contributed by atoms with E-state index in [-0.39, 0.29) is 17.4 Å². The summed E-state index contributed by atoms with van der Waals surface area (Å²) in [6, 6.07) is 0.0318. The number of amides is 1. The molecular weight excluding hydrogens is 194 g/mol. The van der Waals surface area contributed by atoms with Gasteiger partial charge in [0.2, 0.25) is 6.41 Å². The Morgan fingerprint density at radius 2 is 2.00 bits per heavy atom. The summed E-state index contributed by atoms with van der Waals surface area (Å²) < 4.78 is 0. The van der Waals surface area contributed by atoms with Gasteiger partial charge < -0.3 is 15.5 Å². The Bertz CT molecular complexity index is 230. The highest BCUT2D eigenvalue weighted by atomic mass is 16.3. The van der Waals surface area contributed by atoms with Crippen molar-refractivity contribution >= 4 is 6.41 Å². The Labute approximate surface area is 90.7 Å². The number of aliphatic hydroxyl groups is 2. The molecule has 88 valence electrons. The van der Waals surface area contributed by atoms with Gasteiger partial charge in [-0.1, -0.05) is 20.8 Å². The molecule has 15 heavy (non-hydrogen) atoms. The van der Waals surface area contributed by atoms with Crippen LogP contribution < -0.4 is 5.32 Å². The Balaban J connectivity index is 2.83. The molecule has 1 saturated carbocycles. The van der Waals surface area contributed by atoms with Crippen molar-refractivity contribution in [3.05, 3.63) is 0 Å². The van der Waals surface area contributed by atoms with Crippen molar-refractivity contribution < 1.29 is 15.0 Å². The molecule has 1 amide bonds. The minimum absolute atomic E-state index is 0.0318.